The Bertz CT molecular complexity index is 1100. The molecule has 4 nitrogen and oxygen atoms in total. The van der Waals surface area contributed by atoms with Crippen LogP contribution in [0.25, 0.3) is 0 Å². The molecule has 4 rings (SSSR count). The molecule has 1 aliphatic rings. The van der Waals surface area contributed by atoms with Gasteiger partial charge in [0.05, 0.1) is 12.2 Å². The molecule has 0 aromatic heterocycles. The lowest BCUT2D eigenvalue weighted by Crippen LogP contribution is -2.29. The van der Waals surface area contributed by atoms with Crippen LogP contribution in [0, 0.1) is 0 Å². The fourth-order valence-corrected chi connectivity index (χ4v) is 3.67. The second-order valence-electron chi connectivity index (χ2n) is 6.48. The molecule has 0 aliphatic carbocycles. The molecule has 0 unspecified atom stereocenters. The van der Waals surface area contributed by atoms with E-state index in [2.05, 4.69) is 5.16 Å². The zero-order valence-electron chi connectivity index (χ0n) is 15.1. The summed E-state index contributed by atoms with van der Waals surface area (Å²) in [6.45, 7) is 0.543. The average molecular weight is 446 g/mol. The second kappa shape index (κ2) is 8.46. The van der Waals surface area contributed by atoms with E-state index in [1.54, 1.807) is 29.2 Å². The Morgan fingerprint density at radius 3 is 2.38 bits per heavy atom. The van der Waals surface area contributed by atoms with Gasteiger partial charge in [0.15, 0.2) is 5.71 Å². The molecule has 0 saturated carbocycles. The molecule has 3 aromatic carbocycles. The summed E-state index contributed by atoms with van der Waals surface area (Å²) in [5.74, 6) is -0.242. The molecule has 1 heterocycles. The number of hydrogen-bond donors (Lipinski definition) is 0. The molecule has 0 atom stereocenters. The summed E-state index contributed by atoms with van der Waals surface area (Å²) < 4.78 is 0. The smallest absolute Gasteiger partial charge is 0.281 e. The van der Waals surface area contributed by atoms with Gasteiger partial charge in [0, 0.05) is 20.6 Å². The first-order valence-electron chi connectivity index (χ1n) is 8.82. The van der Waals surface area contributed by atoms with Gasteiger partial charge in [-0.3, -0.25) is 4.79 Å². The van der Waals surface area contributed by atoms with Crippen molar-refractivity contribution in [3.63, 3.8) is 0 Å². The predicted octanol–water partition coefficient (Wildman–Crippen LogP) is 6.11. The maximum absolute atomic E-state index is 13.1. The number of anilines is 1. The van der Waals surface area contributed by atoms with E-state index in [0.29, 0.717) is 21.6 Å². The summed E-state index contributed by atoms with van der Waals surface area (Å²) in [6.07, 6.45) is 0. The van der Waals surface area contributed by atoms with Crippen molar-refractivity contribution in [1.29, 1.82) is 0 Å². The zero-order valence-corrected chi connectivity index (χ0v) is 17.4. The van der Waals surface area contributed by atoms with E-state index in [0.717, 1.165) is 22.4 Å². The fourth-order valence-electron chi connectivity index (χ4n) is 3.08. The molecule has 0 spiro atoms. The van der Waals surface area contributed by atoms with Crippen LogP contribution in [-0.4, -0.2) is 11.6 Å². The number of rotatable bonds is 5. The lowest BCUT2D eigenvalue weighted by molar-refractivity contribution is -0.112. The second-order valence-corrected chi connectivity index (χ2v) is 7.76. The Morgan fingerprint density at radius 2 is 1.62 bits per heavy atom. The molecule has 7 heteroatoms. The van der Waals surface area contributed by atoms with Gasteiger partial charge in [-0.15, -0.1) is 0 Å². The van der Waals surface area contributed by atoms with E-state index in [9.17, 15) is 4.79 Å². The molecule has 0 fully saturated rings. The zero-order chi connectivity index (χ0) is 20.4. The van der Waals surface area contributed by atoms with E-state index < -0.39 is 0 Å². The van der Waals surface area contributed by atoms with Gasteiger partial charge < -0.3 is 9.74 Å². The Hall–Kier alpha value is -2.53. The summed E-state index contributed by atoms with van der Waals surface area (Å²) >= 11 is 18.2. The number of amides is 1. The summed E-state index contributed by atoms with van der Waals surface area (Å²) in [6, 6.07) is 19.9. The molecular weight excluding hydrogens is 431 g/mol. The molecular formula is C22H15Cl3N2O2. The van der Waals surface area contributed by atoms with E-state index >= 15 is 0 Å². The average Bonchev–Trinajstić information content (AvgIpc) is 2.97. The number of benzene rings is 3. The highest BCUT2D eigenvalue weighted by molar-refractivity contribution is 6.54. The van der Waals surface area contributed by atoms with Crippen molar-refractivity contribution in [2.24, 2.45) is 5.16 Å². The Morgan fingerprint density at radius 1 is 0.897 bits per heavy atom. The monoisotopic (exact) mass is 444 g/mol. The summed E-state index contributed by atoms with van der Waals surface area (Å²) in [7, 11) is 0. The van der Waals surface area contributed by atoms with Crippen molar-refractivity contribution in [3.8, 4) is 0 Å². The molecule has 1 amide bonds. The van der Waals surface area contributed by atoms with Gasteiger partial charge in [0.2, 0.25) is 0 Å². The van der Waals surface area contributed by atoms with Crippen molar-refractivity contribution in [2.75, 3.05) is 4.90 Å². The first kappa shape index (κ1) is 19.8. The Balaban J connectivity index is 1.57. The number of oxime groups is 1. The van der Waals surface area contributed by atoms with Crippen LogP contribution in [0.15, 0.2) is 71.9 Å². The van der Waals surface area contributed by atoms with E-state index in [1.807, 2.05) is 42.5 Å². The van der Waals surface area contributed by atoms with Gasteiger partial charge in [-0.25, -0.2) is 0 Å². The third-order valence-corrected chi connectivity index (χ3v) is 5.38. The topological polar surface area (TPSA) is 41.9 Å². The maximum Gasteiger partial charge on any atom is 0.281 e. The quantitative estimate of drug-likeness (QED) is 0.444. The number of halogens is 3. The molecule has 1 aliphatic heterocycles. The molecule has 146 valence electrons. The van der Waals surface area contributed by atoms with Crippen LogP contribution < -0.4 is 4.90 Å². The van der Waals surface area contributed by atoms with Crippen molar-refractivity contribution < 1.29 is 9.63 Å². The standard InChI is InChI=1S/C22H15Cl3N2O2/c23-16-8-5-14(6-9-16)13-29-26-21-18-3-1-2-4-20(18)27(22(21)28)12-15-7-10-17(24)11-19(15)25/h1-11H,12-13H2. The van der Waals surface area contributed by atoms with Crippen molar-refractivity contribution in [1.82, 2.24) is 0 Å². The summed E-state index contributed by atoms with van der Waals surface area (Å²) in [4.78, 5) is 20.2. The number of carbonyl (C=O) groups excluding carboxylic acids is 1. The molecule has 0 bridgehead atoms. The van der Waals surface area contributed by atoms with Crippen LogP contribution in [0.3, 0.4) is 0 Å². The van der Waals surface area contributed by atoms with Crippen LogP contribution in [0.5, 0.6) is 0 Å². The number of hydrogen-bond acceptors (Lipinski definition) is 3. The van der Waals surface area contributed by atoms with Gasteiger partial charge >= 0.3 is 0 Å². The number of carbonyl (C=O) groups is 1. The van der Waals surface area contributed by atoms with Crippen LogP contribution in [0.1, 0.15) is 16.7 Å². The van der Waals surface area contributed by atoms with Gasteiger partial charge in [0.25, 0.3) is 5.91 Å². The van der Waals surface area contributed by atoms with Gasteiger partial charge in [-0.2, -0.15) is 0 Å². The third-order valence-electron chi connectivity index (χ3n) is 4.54. The van der Waals surface area contributed by atoms with Gasteiger partial charge in [-0.05, 0) is 41.5 Å². The van der Waals surface area contributed by atoms with Crippen LogP contribution in [0.2, 0.25) is 15.1 Å². The highest BCUT2D eigenvalue weighted by Crippen LogP contribution is 2.32. The normalized spacial score (nSPS) is 14.4. The van der Waals surface area contributed by atoms with Crippen LogP contribution >= 0.6 is 34.8 Å². The molecule has 0 radical (unpaired) electrons. The minimum atomic E-state index is -0.242. The van der Waals surface area contributed by atoms with Crippen LogP contribution in [0.4, 0.5) is 5.69 Å². The van der Waals surface area contributed by atoms with Crippen LogP contribution in [-0.2, 0) is 22.8 Å². The lowest BCUT2D eigenvalue weighted by Gasteiger charge is -2.17. The first-order chi connectivity index (χ1) is 14.0. The number of para-hydroxylation sites is 1. The van der Waals surface area contributed by atoms with E-state index in [-0.39, 0.29) is 18.2 Å². The Labute approximate surface area is 183 Å². The third kappa shape index (κ3) is 4.25. The highest BCUT2D eigenvalue weighted by Gasteiger charge is 2.34. The molecule has 0 saturated heterocycles. The van der Waals surface area contributed by atoms with Gasteiger partial charge in [0.1, 0.15) is 6.61 Å². The Kier molecular flexibility index (Phi) is 5.76. The minimum Gasteiger partial charge on any atom is -0.390 e. The first-order valence-corrected chi connectivity index (χ1v) is 9.96. The minimum absolute atomic E-state index is 0.235. The fraction of sp³-hybridized carbons (Fsp3) is 0.0909. The lowest BCUT2D eigenvalue weighted by atomic mass is 10.1. The molecule has 3 aromatic rings. The van der Waals surface area contributed by atoms with Crippen molar-refractivity contribution in [2.45, 2.75) is 13.2 Å². The van der Waals surface area contributed by atoms with Gasteiger partial charge in [-0.1, -0.05) is 76.4 Å². The largest absolute Gasteiger partial charge is 0.390 e. The van der Waals surface area contributed by atoms with Crippen molar-refractivity contribution in [3.05, 3.63) is 98.5 Å². The summed E-state index contributed by atoms with van der Waals surface area (Å²) in [5, 5.41) is 5.83. The van der Waals surface area contributed by atoms with E-state index in [1.165, 1.54) is 0 Å². The highest BCUT2D eigenvalue weighted by atomic mass is 35.5. The number of nitrogens with zero attached hydrogens (tertiary/aromatic N) is 2. The molecule has 0 N–H and O–H groups in total. The number of fused-ring (bicyclic) bond motifs is 1. The predicted molar refractivity (Wildman–Crippen MR) is 117 cm³/mol. The maximum atomic E-state index is 13.1. The SMILES string of the molecule is O=C1C(=NOCc2ccc(Cl)cc2)c2ccccc2N1Cc1ccc(Cl)cc1Cl. The summed E-state index contributed by atoms with van der Waals surface area (Å²) in [5.41, 5.74) is 3.44. The van der Waals surface area contributed by atoms with Crippen molar-refractivity contribution >= 4 is 52.1 Å². The molecule has 29 heavy (non-hydrogen) atoms. The van der Waals surface area contributed by atoms with E-state index in [4.69, 9.17) is 39.6 Å².